The maximum Gasteiger partial charge on any atom is 0.254 e. The number of carbonyl (C=O) groups is 2. The molecule has 29 heavy (non-hydrogen) atoms. The fourth-order valence-electron chi connectivity index (χ4n) is 3.36. The molecule has 1 aliphatic rings. The smallest absolute Gasteiger partial charge is 0.254 e. The largest absolute Gasteiger partial charge is 0.497 e. The molecule has 2 amide bonds. The van der Waals surface area contributed by atoms with Crippen LogP contribution in [0.3, 0.4) is 0 Å². The first-order valence-corrected chi connectivity index (χ1v) is 10.1. The summed E-state index contributed by atoms with van der Waals surface area (Å²) in [6, 6.07) is 16.0. The van der Waals surface area contributed by atoms with E-state index in [2.05, 4.69) is 15.5 Å². The Balaban J connectivity index is 1.46. The van der Waals surface area contributed by atoms with Crippen LogP contribution in [-0.2, 0) is 4.79 Å². The van der Waals surface area contributed by atoms with Crippen molar-refractivity contribution in [3.63, 3.8) is 0 Å². The number of likely N-dealkylation sites (tertiary alicyclic amines) is 1. The Kier molecular flexibility index (Phi) is 5.53. The van der Waals surface area contributed by atoms with E-state index < -0.39 is 6.04 Å². The van der Waals surface area contributed by atoms with Gasteiger partial charge in [-0.2, -0.15) is 0 Å². The highest BCUT2D eigenvalue weighted by molar-refractivity contribution is 7.18. The van der Waals surface area contributed by atoms with Gasteiger partial charge in [0.15, 0.2) is 0 Å². The third-order valence-corrected chi connectivity index (χ3v) is 5.70. The topological polar surface area (TPSA) is 84.4 Å². The zero-order chi connectivity index (χ0) is 20.2. The van der Waals surface area contributed by atoms with E-state index in [-0.39, 0.29) is 11.8 Å². The quantitative estimate of drug-likeness (QED) is 0.699. The normalized spacial score (nSPS) is 15.9. The first kappa shape index (κ1) is 19.1. The van der Waals surface area contributed by atoms with Crippen molar-refractivity contribution in [1.82, 2.24) is 15.1 Å². The first-order chi connectivity index (χ1) is 14.2. The molecule has 0 unspecified atom stereocenters. The van der Waals surface area contributed by atoms with Crippen molar-refractivity contribution in [3.8, 4) is 16.3 Å². The van der Waals surface area contributed by atoms with Crippen LogP contribution in [0.25, 0.3) is 10.6 Å². The molecule has 0 radical (unpaired) electrons. The standard InChI is InChI=1S/C21H20N4O3S/c1-28-16-10-5-9-15(13-16)19-23-24-21(29-19)22-18(26)17-11-6-12-25(17)20(27)14-7-3-2-4-8-14/h2-5,7-10,13,17H,6,11-12H2,1H3,(H,22,24,26)/t17-/m0/s1. The number of benzene rings is 2. The predicted octanol–water partition coefficient (Wildman–Crippen LogP) is 3.46. The van der Waals surface area contributed by atoms with Crippen molar-refractivity contribution in [2.24, 2.45) is 0 Å². The van der Waals surface area contributed by atoms with Crippen LogP contribution in [0.4, 0.5) is 5.13 Å². The second kappa shape index (κ2) is 8.40. The Bertz CT molecular complexity index is 1020. The van der Waals surface area contributed by atoms with Gasteiger partial charge in [0.2, 0.25) is 11.0 Å². The van der Waals surface area contributed by atoms with Crippen LogP contribution >= 0.6 is 11.3 Å². The summed E-state index contributed by atoms with van der Waals surface area (Å²) in [6.45, 7) is 0.566. The average molecular weight is 408 g/mol. The SMILES string of the molecule is COc1cccc(-c2nnc(NC(=O)[C@@H]3CCCN3C(=O)c3ccccc3)s2)c1. The number of aromatic nitrogens is 2. The number of ether oxygens (including phenoxy) is 1. The molecule has 0 saturated carbocycles. The van der Waals surface area contributed by atoms with Crippen LogP contribution < -0.4 is 10.1 Å². The molecule has 2 aromatic carbocycles. The Morgan fingerprint density at radius 1 is 1.14 bits per heavy atom. The van der Waals surface area contributed by atoms with E-state index in [1.807, 2.05) is 42.5 Å². The lowest BCUT2D eigenvalue weighted by Crippen LogP contribution is -2.43. The lowest BCUT2D eigenvalue weighted by atomic mass is 10.1. The molecule has 2 heterocycles. The van der Waals surface area contributed by atoms with Crippen LogP contribution in [0.5, 0.6) is 5.75 Å². The van der Waals surface area contributed by atoms with Crippen LogP contribution in [0.1, 0.15) is 23.2 Å². The Labute approximate surface area is 172 Å². The van der Waals surface area contributed by atoms with Crippen LogP contribution in [0, 0.1) is 0 Å². The maximum atomic E-state index is 12.8. The molecule has 1 atom stereocenters. The van der Waals surface area contributed by atoms with Gasteiger partial charge >= 0.3 is 0 Å². The van der Waals surface area contributed by atoms with Crippen molar-refractivity contribution in [1.29, 1.82) is 0 Å². The zero-order valence-electron chi connectivity index (χ0n) is 15.9. The second-order valence-electron chi connectivity index (χ2n) is 6.66. The van der Waals surface area contributed by atoms with E-state index in [9.17, 15) is 9.59 Å². The minimum Gasteiger partial charge on any atom is -0.497 e. The lowest BCUT2D eigenvalue weighted by molar-refractivity contribution is -0.119. The summed E-state index contributed by atoms with van der Waals surface area (Å²) in [4.78, 5) is 27.2. The third kappa shape index (κ3) is 4.12. The molecule has 0 bridgehead atoms. The molecule has 1 aromatic heterocycles. The molecule has 148 valence electrons. The monoisotopic (exact) mass is 408 g/mol. The molecule has 1 saturated heterocycles. The van der Waals surface area contributed by atoms with Crippen LogP contribution in [0.2, 0.25) is 0 Å². The molecule has 7 nitrogen and oxygen atoms in total. The van der Waals surface area contributed by atoms with E-state index in [1.165, 1.54) is 11.3 Å². The van der Waals surface area contributed by atoms with Crippen molar-refractivity contribution in [2.75, 3.05) is 19.0 Å². The zero-order valence-corrected chi connectivity index (χ0v) is 16.7. The van der Waals surface area contributed by atoms with E-state index in [0.29, 0.717) is 28.7 Å². The molecular weight excluding hydrogens is 388 g/mol. The number of hydrogen-bond acceptors (Lipinski definition) is 6. The third-order valence-electron chi connectivity index (χ3n) is 4.81. The van der Waals surface area contributed by atoms with Crippen molar-refractivity contribution in [3.05, 3.63) is 60.2 Å². The van der Waals surface area contributed by atoms with Crippen LogP contribution in [0.15, 0.2) is 54.6 Å². The van der Waals surface area contributed by atoms with Gasteiger partial charge in [-0.05, 0) is 37.1 Å². The number of nitrogens with one attached hydrogen (secondary N) is 1. The lowest BCUT2D eigenvalue weighted by Gasteiger charge is -2.23. The predicted molar refractivity (Wildman–Crippen MR) is 111 cm³/mol. The summed E-state index contributed by atoms with van der Waals surface area (Å²) < 4.78 is 5.24. The fraction of sp³-hybridized carbons (Fsp3) is 0.238. The van der Waals surface area contributed by atoms with Gasteiger partial charge in [0.25, 0.3) is 5.91 Å². The number of carbonyl (C=O) groups excluding carboxylic acids is 2. The minimum absolute atomic E-state index is 0.127. The second-order valence-corrected chi connectivity index (χ2v) is 7.63. The molecule has 1 N–H and O–H groups in total. The van der Waals surface area contributed by atoms with E-state index in [0.717, 1.165) is 17.7 Å². The summed E-state index contributed by atoms with van der Waals surface area (Å²) >= 11 is 1.29. The van der Waals surface area contributed by atoms with E-state index in [4.69, 9.17) is 4.74 Å². The molecule has 1 fully saturated rings. The van der Waals surface area contributed by atoms with E-state index in [1.54, 1.807) is 24.1 Å². The van der Waals surface area contributed by atoms with Gasteiger partial charge < -0.3 is 9.64 Å². The van der Waals surface area contributed by atoms with Gasteiger partial charge in [-0.3, -0.25) is 14.9 Å². The molecule has 3 aromatic rings. The summed E-state index contributed by atoms with van der Waals surface area (Å²) in [5.41, 5.74) is 1.45. The summed E-state index contributed by atoms with van der Waals surface area (Å²) in [6.07, 6.45) is 1.42. The van der Waals surface area contributed by atoms with Crippen molar-refractivity contribution in [2.45, 2.75) is 18.9 Å². The average Bonchev–Trinajstić information content (AvgIpc) is 3.44. The maximum absolute atomic E-state index is 12.8. The fourth-order valence-corrected chi connectivity index (χ4v) is 4.11. The molecule has 1 aliphatic heterocycles. The number of rotatable bonds is 5. The highest BCUT2D eigenvalue weighted by Crippen LogP contribution is 2.29. The van der Waals surface area contributed by atoms with Gasteiger partial charge in [-0.15, -0.1) is 10.2 Å². The Hall–Kier alpha value is -3.26. The molecule has 0 spiro atoms. The number of methoxy groups -OCH3 is 1. The highest BCUT2D eigenvalue weighted by Gasteiger charge is 2.34. The minimum atomic E-state index is -0.508. The Morgan fingerprint density at radius 3 is 2.76 bits per heavy atom. The number of amides is 2. The van der Waals surface area contributed by atoms with Gasteiger partial charge in [0.1, 0.15) is 16.8 Å². The molecule has 0 aliphatic carbocycles. The molecule has 8 heteroatoms. The summed E-state index contributed by atoms with van der Waals surface area (Å²) in [5.74, 6) is 0.363. The van der Waals surface area contributed by atoms with Gasteiger partial charge in [0, 0.05) is 17.7 Å². The molecular formula is C21H20N4O3S. The van der Waals surface area contributed by atoms with Gasteiger partial charge in [-0.1, -0.05) is 41.7 Å². The van der Waals surface area contributed by atoms with Gasteiger partial charge in [-0.25, -0.2) is 0 Å². The summed E-state index contributed by atoms with van der Waals surface area (Å²) in [5, 5.41) is 12.2. The highest BCUT2D eigenvalue weighted by atomic mass is 32.1. The number of nitrogens with zero attached hydrogens (tertiary/aromatic N) is 3. The molecule has 4 rings (SSSR count). The van der Waals surface area contributed by atoms with Crippen molar-refractivity contribution >= 4 is 28.3 Å². The summed E-state index contributed by atoms with van der Waals surface area (Å²) in [7, 11) is 1.61. The first-order valence-electron chi connectivity index (χ1n) is 9.30. The van der Waals surface area contributed by atoms with Gasteiger partial charge in [0.05, 0.1) is 7.11 Å². The number of hydrogen-bond donors (Lipinski definition) is 1. The Morgan fingerprint density at radius 2 is 1.97 bits per heavy atom. The van der Waals surface area contributed by atoms with Crippen LogP contribution in [-0.4, -0.2) is 46.6 Å². The van der Waals surface area contributed by atoms with Crippen molar-refractivity contribution < 1.29 is 14.3 Å². The van der Waals surface area contributed by atoms with E-state index >= 15 is 0 Å². The number of anilines is 1.